The maximum Gasteiger partial charge on any atom is 0.337 e. The van der Waals surface area contributed by atoms with Crippen molar-refractivity contribution in [2.45, 2.75) is 39.0 Å². The molecule has 0 fully saturated rings. The Morgan fingerprint density at radius 3 is 2.55 bits per heavy atom. The Labute approximate surface area is 121 Å². The van der Waals surface area contributed by atoms with Crippen LogP contribution in [0.15, 0.2) is 0 Å². The number of carboxylic acid groups (broad SMARTS) is 1. The van der Waals surface area contributed by atoms with Crippen molar-refractivity contribution in [2.75, 3.05) is 6.54 Å². The Morgan fingerprint density at radius 2 is 1.90 bits per heavy atom. The molecule has 5 nitrogen and oxygen atoms in total. The molecule has 108 valence electrons. The number of rotatable bonds is 4. The minimum absolute atomic E-state index is 0.0446. The first-order valence-corrected chi connectivity index (χ1v) is 7.58. The first kappa shape index (κ1) is 14.7. The van der Waals surface area contributed by atoms with E-state index in [0.29, 0.717) is 13.0 Å². The van der Waals surface area contributed by atoms with Crippen LogP contribution in [-0.2, 0) is 17.6 Å². The molecule has 0 unspecified atom stereocenters. The van der Waals surface area contributed by atoms with E-state index in [1.165, 1.54) is 11.3 Å². The normalized spacial score (nSPS) is 14.2. The van der Waals surface area contributed by atoms with E-state index in [4.69, 9.17) is 0 Å². The largest absolute Gasteiger partial charge is 0.478 e. The number of ketones is 1. The van der Waals surface area contributed by atoms with Gasteiger partial charge in [0.05, 0.1) is 10.4 Å². The highest BCUT2D eigenvalue weighted by atomic mass is 32.1. The van der Waals surface area contributed by atoms with Gasteiger partial charge in [-0.15, -0.1) is 11.3 Å². The van der Waals surface area contributed by atoms with Gasteiger partial charge in [0.15, 0.2) is 0 Å². The number of carbonyl (C=O) groups excluding carboxylic acids is 2. The van der Waals surface area contributed by atoms with Crippen LogP contribution in [0.4, 0.5) is 0 Å². The molecule has 1 amide bonds. The molecule has 1 aromatic heterocycles. The van der Waals surface area contributed by atoms with Crippen LogP contribution in [0.2, 0.25) is 0 Å². The van der Waals surface area contributed by atoms with E-state index >= 15 is 0 Å². The lowest BCUT2D eigenvalue weighted by molar-refractivity contribution is -0.116. The molecule has 1 aliphatic rings. The highest BCUT2D eigenvalue weighted by molar-refractivity contribution is 7.15. The fourth-order valence-electron chi connectivity index (χ4n) is 2.47. The maximum atomic E-state index is 12.1. The van der Waals surface area contributed by atoms with Gasteiger partial charge in [-0.25, -0.2) is 4.79 Å². The lowest BCUT2D eigenvalue weighted by atomic mass is 10.0. The predicted octanol–water partition coefficient (Wildman–Crippen LogP) is 2.03. The highest BCUT2D eigenvalue weighted by Crippen LogP contribution is 2.34. The van der Waals surface area contributed by atoms with Crippen LogP contribution in [0.25, 0.3) is 0 Å². The molecule has 0 aliphatic heterocycles. The van der Waals surface area contributed by atoms with E-state index in [0.717, 1.165) is 36.1 Å². The number of aryl methyl sites for hydroxylation is 1. The van der Waals surface area contributed by atoms with Crippen molar-refractivity contribution in [1.82, 2.24) is 5.32 Å². The molecule has 1 aromatic rings. The molecular weight excluding hydrogens is 278 g/mol. The van der Waals surface area contributed by atoms with Crippen LogP contribution >= 0.6 is 11.3 Å². The molecule has 0 saturated heterocycles. The van der Waals surface area contributed by atoms with Gasteiger partial charge in [-0.3, -0.25) is 9.59 Å². The zero-order valence-corrected chi connectivity index (χ0v) is 12.1. The Morgan fingerprint density at radius 1 is 1.20 bits per heavy atom. The van der Waals surface area contributed by atoms with E-state index in [1.54, 1.807) is 6.92 Å². The topological polar surface area (TPSA) is 83.5 Å². The third-order valence-electron chi connectivity index (χ3n) is 3.38. The number of hydrogen-bond donors (Lipinski definition) is 2. The summed E-state index contributed by atoms with van der Waals surface area (Å²) in [6.45, 7) is 2.06. The van der Waals surface area contributed by atoms with Crippen molar-refractivity contribution in [2.24, 2.45) is 0 Å². The van der Waals surface area contributed by atoms with Crippen molar-refractivity contribution in [3.63, 3.8) is 0 Å². The number of thiophene rings is 1. The molecule has 0 spiro atoms. The first-order valence-electron chi connectivity index (χ1n) is 6.76. The molecule has 6 heteroatoms. The standard InChI is InChI=1S/C14H17NO4S/c1-2-15-13(17)11(16)12-10(14(18)19)8-6-4-3-5-7-9(8)20-12/h2-7H2,1H3,(H,15,17)(H,18,19). The molecule has 1 heterocycles. The van der Waals surface area contributed by atoms with Crippen LogP contribution in [0.3, 0.4) is 0 Å². The lowest BCUT2D eigenvalue weighted by Crippen LogP contribution is -2.31. The van der Waals surface area contributed by atoms with Crippen LogP contribution in [-0.4, -0.2) is 29.3 Å². The molecule has 2 rings (SSSR count). The predicted molar refractivity (Wildman–Crippen MR) is 75.6 cm³/mol. The average molecular weight is 295 g/mol. The summed E-state index contributed by atoms with van der Waals surface area (Å²) in [5.41, 5.74) is 0.802. The van der Waals surface area contributed by atoms with Gasteiger partial charge in [0, 0.05) is 11.4 Å². The molecule has 0 radical (unpaired) electrons. The number of carboxylic acids is 1. The van der Waals surface area contributed by atoms with E-state index in [1.807, 2.05) is 0 Å². The Balaban J connectivity index is 2.45. The lowest BCUT2D eigenvalue weighted by Gasteiger charge is -2.03. The second kappa shape index (κ2) is 6.17. The number of nitrogens with one attached hydrogen (secondary N) is 1. The van der Waals surface area contributed by atoms with Crippen LogP contribution in [0.5, 0.6) is 0 Å². The van der Waals surface area contributed by atoms with Crippen LogP contribution < -0.4 is 5.32 Å². The van der Waals surface area contributed by atoms with Gasteiger partial charge in [-0.1, -0.05) is 6.42 Å². The number of hydrogen-bond acceptors (Lipinski definition) is 4. The molecule has 0 bridgehead atoms. The molecule has 1 aliphatic carbocycles. The number of amides is 1. The zero-order valence-electron chi connectivity index (χ0n) is 11.3. The van der Waals surface area contributed by atoms with Gasteiger partial charge >= 0.3 is 5.97 Å². The van der Waals surface area contributed by atoms with Crippen molar-refractivity contribution >= 4 is 29.0 Å². The summed E-state index contributed by atoms with van der Waals surface area (Å²) in [7, 11) is 0. The summed E-state index contributed by atoms with van der Waals surface area (Å²) in [5.74, 6) is -2.58. The molecule has 0 atom stereocenters. The summed E-state index contributed by atoms with van der Waals surface area (Å²) in [6.07, 6.45) is 4.47. The third kappa shape index (κ3) is 2.75. The Hall–Kier alpha value is -1.69. The summed E-state index contributed by atoms with van der Waals surface area (Å²) < 4.78 is 0. The first-order chi connectivity index (χ1) is 9.56. The number of aromatic carboxylic acids is 1. The van der Waals surface area contributed by atoms with Gasteiger partial charge in [0.2, 0.25) is 0 Å². The second-order valence-electron chi connectivity index (χ2n) is 4.76. The summed E-state index contributed by atoms with van der Waals surface area (Å²) >= 11 is 1.17. The average Bonchev–Trinajstić information content (AvgIpc) is 2.62. The summed E-state index contributed by atoms with van der Waals surface area (Å²) in [6, 6.07) is 0. The van der Waals surface area contributed by atoms with Gasteiger partial charge in [0.1, 0.15) is 0 Å². The Bertz CT molecular complexity index is 562. The monoisotopic (exact) mass is 295 g/mol. The van der Waals surface area contributed by atoms with E-state index < -0.39 is 17.7 Å². The van der Waals surface area contributed by atoms with Gasteiger partial charge in [-0.05, 0) is 38.2 Å². The summed E-state index contributed by atoms with van der Waals surface area (Å²) in [5, 5.41) is 11.8. The van der Waals surface area contributed by atoms with Crippen LogP contribution in [0.1, 0.15) is 56.7 Å². The number of Topliss-reactive ketones (excluding diaryl/α,β-unsaturated/α-hetero) is 1. The molecule has 2 N–H and O–H groups in total. The fraction of sp³-hybridized carbons (Fsp3) is 0.500. The number of carbonyl (C=O) groups is 3. The van der Waals surface area contributed by atoms with Crippen molar-refractivity contribution in [3.8, 4) is 0 Å². The van der Waals surface area contributed by atoms with Crippen molar-refractivity contribution in [3.05, 3.63) is 20.9 Å². The molecule has 20 heavy (non-hydrogen) atoms. The SMILES string of the molecule is CCNC(=O)C(=O)c1sc2c(c1C(=O)O)CCCCC2. The van der Waals surface area contributed by atoms with E-state index in [2.05, 4.69) is 5.32 Å². The van der Waals surface area contributed by atoms with E-state index in [9.17, 15) is 19.5 Å². The van der Waals surface area contributed by atoms with Crippen molar-refractivity contribution < 1.29 is 19.5 Å². The fourth-order valence-corrected chi connectivity index (χ4v) is 3.79. The summed E-state index contributed by atoms with van der Waals surface area (Å²) in [4.78, 5) is 36.3. The minimum Gasteiger partial charge on any atom is -0.478 e. The minimum atomic E-state index is -1.11. The molecular formula is C14H17NO4S. The molecule has 0 aromatic carbocycles. The Kier molecular flexibility index (Phi) is 4.54. The van der Waals surface area contributed by atoms with Gasteiger partial charge in [0.25, 0.3) is 11.7 Å². The number of fused-ring (bicyclic) bond motifs is 1. The maximum absolute atomic E-state index is 12.1. The smallest absolute Gasteiger partial charge is 0.337 e. The number of likely N-dealkylation sites (N-methyl/N-ethyl adjacent to an activating group) is 1. The van der Waals surface area contributed by atoms with Crippen molar-refractivity contribution in [1.29, 1.82) is 0 Å². The van der Waals surface area contributed by atoms with E-state index in [-0.39, 0.29) is 10.4 Å². The van der Waals surface area contributed by atoms with Crippen LogP contribution in [0, 0.1) is 0 Å². The van der Waals surface area contributed by atoms with Gasteiger partial charge in [-0.2, -0.15) is 0 Å². The third-order valence-corrected chi connectivity index (χ3v) is 4.68. The zero-order chi connectivity index (χ0) is 14.7. The molecule has 0 saturated carbocycles. The highest BCUT2D eigenvalue weighted by Gasteiger charge is 2.30. The quantitative estimate of drug-likeness (QED) is 0.506. The van der Waals surface area contributed by atoms with Gasteiger partial charge < -0.3 is 10.4 Å². The second-order valence-corrected chi connectivity index (χ2v) is 5.87.